The van der Waals surface area contributed by atoms with Gasteiger partial charge >= 0.3 is 0 Å². The average molecular weight is 312 g/mol. The molecule has 2 rings (SSSR count). The van der Waals surface area contributed by atoms with E-state index in [4.69, 9.17) is 0 Å². The number of hydrogen-bond acceptors (Lipinski definition) is 3. The van der Waals surface area contributed by atoms with E-state index in [1.807, 2.05) is 0 Å². The summed E-state index contributed by atoms with van der Waals surface area (Å²) in [5.74, 6) is -3.06. The Morgan fingerprint density at radius 1 is 1.45 bits per heavy atom. The Hall–Kier alpha value is -1.69. The van der Waals surface area contributed by atoms with Gasteiger partial charge in [-0.05, 0) is 39.2 Å². The fourth-order valence-corrected chi connectivity index (χ4v) is 2.84. The standard InChI is InChI=1S/C16H22F2N2O2/c1-10(2)20-5-3-4-11(9-20)8-19-16(22)15-13(18)6-12(17)7-14(15)21/h6-7,10-11,21H,3-5,8-9H2,1-2H3,(H,19,22). The summed E-state index contributed by atoms with van der Waals surface area (Å²) >= 11 is 0. The van der Waals surface area contributed by atoms with Gasteiger partial charge in [0.25, 0.3) is 5.91 Å². The number of halogens is 2. The van der Waals surface area contributed by atoms with Crippen molar-refractivity contribution in [3.8, 4) is 5.75 Å². The minimum atomic E-state index is -1.05. The Bertz CT molecular complexity index is 526. The molecule has 0 aromatic heterocycles. The highest BCUT2D eigenvalue weighted by molar-refractivity contribution is 5.97. The molecule has 0 spiro atoms. The van der Waals surface area contributed by atoms with Gasteiger partial charge in [0.2, 0.25) is 0 Å². The second-order valence-corrected chi connectivity index (χ2v) is 6.09. The Morgan fingerprint density at radius 2 is 2.18 bits per heavy atom. The lowest BCUT2D eigenvalue weighted by Gasteiger charge is -2.35. The molecule has 1 aromatic carbocycles. The normalized spacial score (nSPS) is 19.4. The third-order valence-corrected chi connectivity index (χ3v) is 4.09. The number of benzene rings is 1. The van der Waals surface area contributed by atoms with Crippen molar-refractivity contribution in [2.24, 2.45) is 5.92 Å². The van der Waals surface area contributed by atoms with Crippen molar-refractivity contribution in [1.29, 1.82) is 0 Å². The average Bonchev–Trinajstić information content (AvgIpc) is 2.44. The molecule has 1 aliphatic heterocycles. The first-order chi connectivity index (χ1) is 10.4. The van der Waals surface area contributed by atoms with E-state index in [1.165, 1.54) is 0 Å². The number of carbonyl (C=O) groups excluding carboxylic acids is 1. The van der Waals surface area contributed by atoms with E-state index >= 15 is 0 Å². The van der Waals surface area contributed by atoms with Crippen molar-refractivity contribution in [2.75, 3.05) is 19.6 Å². The van der Waals surface area contributed by atoms with E-state index in [1.54, 1.807) is 0 Å². The predicted molar refractivity (Wildman–Crippen MR) is 79.8 cm³/mol. The number of aromatic hydroxyl groups is 1. The van der Waals surface area contributed by atoms with Crippen LogP contribution in [0, 0.1) is 17.6 Å². The van der Waals surface area contributed by atoms with Crippen LogP contribution in [0.3, 0.4) is 0 Å². The molecular weight excluding hydrogens is 290 g/mol. The van der Waals surface area contributed by atoms with Gasteiger partial charge in [-0.15, -0.1) is 0 Å². The second-order valence-electron chi connectivity index (χ2n) is 6.09. The molecule has 1 aromatic rings. The van der Waals surface area contributed by atoms with Gasteiger partial charge < -0.3 is 15.3 Å². The molecule has 1 unspecified atom stereocenters. The predicted octanol–water partition coefficient (Wildman–Crippen LogP) is 2.52. The summed E-state index contributed by atoms with van der Waals surface area (Å²) in [6, 6.07) is 1.78. The van der Waals surface area contributed by atoms with Gasteiger partial charge in [0.1, 0.15) is 22.9 Å². The van der Waals surface area contributed by atoms with Crippen LogP contribution in [-0.2, 0) is 0 Å². The van der Waals surface area contributed by atoms with E-state index in [9.17, 15) is 18.7 Å². The van der Waals surface area contributed by atoms with E-state index in [-0.39, 0.29) is 0 Å². The van der Waals surface area contributed by atoms with E-state index < -0.39 is 28.9 Å². The van der Waals surface area contributed by atoms with Crippen LogP contribution in [0.5, 0.6) is 5.75 Å². The van der Waals surface area contributed by atoms with Gasteiger partial charge in [-0.3, -0.25) is 4.79 Å². The molecule has 1 aliphatic rings. The molecule has 1 fully saturated rings. The molecule has 4 nitrogen and oxygen atoms in total. The number of rotatable bonds is 4. The second kappa shape index (κ2) is 7.05. The zero-order valence-corrected chi connectivity index (χ0v) is 12.9. The largest absolute Gasteiger partial charge is 0.507 e. The van der Waals surface area contributed by atoms with Crippen LogP contribution in [0.1, 0.15) is 37.0 Å². The van der Waals surface area contributed by atoms with Crippen LogP contribution in [0.2, 0.25) is 0 Å². The number of amides is 1. The lowest BCUT2D eigenvalue weighted by Crippen LogP contribution is -2.43. The Labute approximate surface area is 129 Å². The van der Waals surface area contributed by atoms with Crippen molar-refractivity contribution < 1.29 is 18.7 Å². The van der Waals surface area contributed by atoms with Crippen LogP contribution >= 0.6 is 0 Å². The van der Waals surface area contributed by atoms with E-state index in [0.29, 0.717) is 24.6 Å². The molecule has 1 atom stereocenters. The highest BCUT2D eigenvalue weighted by atomic mass is 19.1. The third-order valence-electron chi connectivity index (χ3n) is 4.09. The van der Waals surface area contributed by atoms with Crippen molar-refractivity contribution in [2.45, 2.75) is 32.7 Å². The third kappa shape index (κ3) is 3.94. The molecule has 2 N–H and O–H groups in total. The van der Waals surface area contributed by atoms with Gasteiger partial charge in [-0.1, -0.05) is 0 Å². The zero-order valence-electron chi connectivity index (χ0n) is 12.9. The number of likely N-dealkylation sites (tertiary alicyclic amines) is 1. The first-order valence-corrected chi connectivity index (χ1v) is 7.58. The van der Waals surface area contributed by atoms with E-state index in [0.717, 1.165) is 32.0 Å². The zero-order chi connectivity index (χ0) is 16.3. The maximum atomic E-state index is 13.6. The lowest BCUT2D eigenvalue weighted by molar-refractivity contribution is 0.0916. The molecule has 0 saturated carbocycles. The van der Waals surface area contributed by atoms with Crippen LogP contribution in [0.15, 0.2) is 12.1 Å². The fourth-order valence-electron chi connectivity index (χ4n) is 2.84. The first-order valence-electron chi connectivity index (χ1n) is 7.58. The highest BCUT2D eigenvalue weighted by Crippen LogP contribution is 2.22. The molecule has 1 amide bonds. The maximum Gasteiger partial charge on any atom is 0.258 e. The summed E-state index contributed by atoms with van der Waals surface area (Å²) in [5, 5.41) is 12.2. The Morgan fingerprint density at radius 3 is 2.82 bits per heavy atom. The van der Waals surface area contributed by atoms with Crippen LogP contribution in [-0.4, -0.2) is 41.6 Å². The van der Waals surface area contributed by atoms with Crippen molar-refractivity contribution in [3.63, 3.8) is 0 Å². The molecule has 0 aliphatic carbocycles. The van der Waals surface area contributed by atoms with Gasteiger partial charge in [0.15, 0.2) is 0 Å². The van der Waals surface area contributed by atoms with Crippen LogP contribution in [0.25, 0.3) is 0 Å². The molecule has 22 heavy (non-hydrogen) atoms. The molecule has 1 heterocycles. The number of phenols is 1. The van der Waals surface area contributed by atoms with Gasteiger partial charge in [-0.25, -0.2) is 8.78 Å². The van der Waals surface area contributed by atoms with Crippen LogP contribution in [0.4, 0.5) is 8.78 Å². The summed E-state index contributed by atoms with van der Waals surface area (Å²) in [4.78, 5) is 14.4. The minimum Gasteiger partial charge on any atom is -0.507 e. The SMILES string of the molecule is CC(C)N1CCCC(CNC(=O)c2c(O)cc(F)cc2F)C1. The van der Waals surface area contributed by atoms with Crippen LogP contribution < -0.4 is 5.32 Å². The molecule has 0 bridgehead atoms. The molecule has 0 radical (unpaired) electrons. The number of nitrogens with zero attached hydrogens (tertiary/aromatic N) is 1. The molecule has 6 heteroatoms. The van der Waals surface area contributed by atoms with Gasteiger partial charge in [-0.2, -0.15) is 0 Å². The fraction of sp³-hybridized carbons (Fsp3) is 0.562. The van der Waals surface area contributed by atoms with Crippen molar-refractivity contribution >= 4 is 5.91 Å². The Kier molecular flexibility index (Phi) is 5.34. The summed E-state index contributed by atoms with van der Waals surface area (Å²) in [6.07, 6.45) is 2.07. The summed E-state index contributed by atoms with van der Waals surface area (Å²) in [6.45, 7) is 6.61. The lowest BCUT2D eigenvalue weighted by atomic mass is 9.97. The topological polar surface area (TPSA) is 52.6 Å². The van der Waals surface area contributed by atoms with Crippen molar-refractivity contribution in [1.82, 2.24) is 10.2 Å². The molecular formula is C16H22F2N2O2. The minimum absolute atomic E-state index is 0.297. The number of hydrogen-bond donors (Lipinski definition) is 2. The summed E-state index contributed by atoms with van der Waals surface area (Å²) in [5.41, 5.74) is -0.502. The molecule has 1 saturated heterocycles. The van der Waals surface area contributed by atoms with Gasteiger partial charge in [0, 0.05) is 31.3 Å². The van der Waals surface area contributed by atoms with Crippen molar-refractivity contribution in [3.05, 3.63) is 29.3 Å². The highest BCUT2D eigenvalue weighted by Gasteiger charge is 2.23. The summed E-state index contributed by atoms with van der Waals surface area (Å²) in [7, 11) is 0. The maximum absolute atomic E-state index is 13.6. The van der Waals surface area contributed by atoms with E-state index in [2.05, 4.69) is 24.1 Å². The number of phenolic OH excluding ortho intramolecular Hbond substituents is 1. The smallest absolute Gasteiger partial charge is 0.258 e. The summed E-state index contributed by atoms with van der Waals surface area (Å²) < 4.78 is 26.6. The quantitative estimate of drug-likeness (QED) is 0.898. The Balaban J connectivity index is 1.96. The number of nitrogens with one attached hydrogen (secondary N) is 1. The monoisotopic (exact) mass is 312 g/mol. The number of piperidine rings is 1. The van der Waals surface area contributed by atoms with Gasteiger partial charge in [0.05, 0.1) is 0 Å². The molecule has 122 valence electrons. The number of carbonyl (C=O) groups is 1. The first kappa shape index (κ1) is 16.7.